The topological polar surface area (TPSA) is 130 Å². The number of anilines is 1. The molecule has 0 aliphatic heterocycles. The molecule has 0 radical (unpaired) electrons. The predicted molar refractivity (Wildman–Crippen MR) is 155 cm³/mol. The SMILES string of the molecule is CC(=O)OC(CC(=O)OC1CCC(Nc2cc(-n3cc(C(F)(F)F)c4c3CCCC4=O)ccc2C(N)=O)CC1)C[N+](C)(C)C. The molecule has 2 aromatic rings. The highest BCUT2D eigenvalue weighted by atomic mass is 19.4. The Morgan fingerprint density at radius 3 is 2.39 bits per heavy atom. The Bertz CT molecular complexity index is 1420. The summed E-state index contributed by atoms with van der Waals surface area (Å²) in [5, 5.41) is 3.32. The number of carbonyl (C=O) groups is 4. The standard InChI is InChI=1S/C31H39F3N4O6/c1-18(39)43-22(17-38(2,3)4)15-28(41)44-21-11-8-19(9-12-21)36-25-14-20(10-13-23(25)30(35)42)37-16-24(31(32,33)34)29-26(37)6-5-7-27(29)40/h10,13-14,16,19,21-22H,5-9,11-12,15,17H2,1-4H3,(H2-,35,36,42)/p+1. The van der Waals surface area contributed by atoms with Crippen molar-refractivity contribution < 1.29 is 46.3 Å². The average Bonchev–Trinajstić information content (AvgIpc) is 3.30. The van der Waals surface area contributed by atoms with Gasteiger partial charge < -0.3 is 29.6 Å². The van der Waals surface area contributed by atoms with Crippen molar-refractivity contribution in [3.05, 3.63) is 46.8 Å². The molecule has 4 rings (SSSR count). The summed E-state index contributed by atoms with van der Waals surface area (Å²) in [6.07, 6.45) is -1.60. The van der Waals surface area contributed by atoms with E-state index in [1.807, 2.05) is 21.1 Å². The molecule has 0 bridgehead atoms. The number of halogens is 3. The van der Waals surface area contributed by atoms with Crippen LogP contribution < -0.4 is 11.1 Å². The van der Waals surface area contributed by atoms with Crippen LogP contribution in [-0.4, -0.2) is 78.6 Å². The van der Waals surface area contributed by atoms with Gasteiger partial charge in [0.05, 0.1) is 44.3 Å². The number of likely N-dealkylation sites (N-methyl/N-ethyl adjacent to an activating group) is 1. The van der Waals surface area contributed by atoms with Crippen LogP contribution in [-0.2, 0) is 31.7 Å². The van der Waals surface area contributed by atoms with E-state index >= 15 is 0 Å². The third kappa shape index (κ3) is 8.19. The number of nitrogens with two attached hydrogens (primary N) is 1. The number of esters is 2. The molecule has 3 N–H and O–H groups in total. The van der Waals surface area contributed by atoms with Gasteiger partial charge in [0.15, 0.2) is 11.9 Å². The van der Waals surface area contributed by atoms with Gasteiger partial charge in [-0.25, -0.2) is 0 Å². The van der Waals surface area contributed by atoms with E-state index in [9.17, 15) is 32.3 Å². The van der Waals surface area contributed by atoms with E-state index in [1.54, 1.807) is 6.07 Å². The van der Waals surface area contributed by atoms with E-state index in [-0.39, 0.29) is 36.1 Å². The van der Waals surface area contributed by atoms with E-state index in [2.05, 4.69) is 5.32 Å². The van der Waals surface area contributed by atoms with Crippen molar-refractivity contribution in [3.63, 3.8) is 0 Å². The van der Waals surface area contributed by atoms with Crippen LogP contribution in [0.1, 0.15) is 83.8 Å². The lowest BCUT2D eigenvalue weighted by Gasteiger charge is -2.31. The molecule has 13 heteroatoms. The number of fused-ring (bicyclic) bond motifs is 1. The van der Waals surface area contributed by atoms with E-state index in [0.29, 0.717) is 66.6 Å². The van der Waals surface area contributed by atoms with Crippen LogP contribution in [0.5, 0.6) is 0 Å². The molecule has 10 nitrogen and oxygen atoms in total. The van der Waals surface area contributed by atoms with E-state index in [4.69, 9.17) is 15.2 Å². The first kappa shape index (κ1) is 33.0. The molecule has 0 saturated heterocycles. The number of benzene rings is 1. The molecule has 44 heavy (non-hydrogen) atoms. The molecular weight excluding hydrogens is 581 g/mol. The molecule has 1 fully saturated rings. The number of nitrogens with one attached hydrogen (secondary N) is 1. The molecule has 1 amide bonds. The molecule has 2 aliphatic carbocycles. The zero-order valence-electron chi connectivity index (χ0n) is 25.5. The van der Waals surface area contributed by atoms with E-state index < -0.39 is 41.5 Å². The Balaban J connectivity index is 1.45. The fourth-order valence-electron chi connectivity index (χ4n) is 6.06. The Hall–Kier alpha value is -3.87. The number of aromatic nitrogens is 1. The second kappa shape index (κ2) is 13.0. The van der Waals surface area contributed by atoms with Crippen molar-refractivity contribution >= 4 is 29.3 Å². The lowest BCUT2D eigenvalue weighted by atomic mass is 9.92. The van der Waals surface area contributed by atoms with Crippen LogP contribution in [0, 0.1) is 0 Å². The Morgan fingerprint density at radius 1 is 1.11 bits per heavy atom. The summed E-state index contributed by atoms with van der Waals surface area (Å²) in [5.74, 6) is -2.14. The van der Waals surface area contributed by atoms with Crippen LogP contribution in [0.15, 0.2) is 24.4 Å². The number of hydrogen-bond donors (Lipinski definition) is 2. The highest BCUT2D eigenvalue weighted by molar-refractivity contribution is 6.00. The fourth-order valence-corrected chi connectivity index (χ4v) is 6.06. The Labute approximate surface area is 254 Å². The van der Waals surface area contributed by atoms with Crippen LogP contribution in [0.2, 0.25) is 0 Å². The summed E-state index contributed by atoms with van der Waals surface area (Å²) >= 11 is 0. The number of alkyl halides is 3. The van der Waals surface area contributed by atoms with Gasteiger partial charge in [0.25, 0.3) is 5.91 Å². The van der Waals surface area contributed by atoms with Crippen molar-refractivity contribution in [1.82, 2.24) is 4.57 Å². The maximum Gasteiger partial charge on any atom is 0.418 e. The van der Waals surface area contributed by atoms with Crippen molar-refractivity contribution in [3.8, 4) is 5.69 Å². The maximum absolute atomic E-state index is 13.8. The van der Waals surface area contributed by atoms with Crippen LogP contribution in [0.25, 0.3) is 5.69 Å². The monoisotopic (exact) mass is 621 g/mol. The minimum atomic E-state index is -4.69. The third-order valence-corrected chi connectivity index (χ3v) is 7.87. The van der Waals surface area contributed by atoms with Gasteiger partial charge in [-0.2, -0.15) is 13.2 Å². The average molecular weight is 622 g/mol. The van der Waals surface area contributed by atoms with Gasteiger partial charge in [0.2, 0.25) is 0 Å². The maximum atomic E-state index is 13.8. The number of amides is 1. The lowest BCUT2D eigenvalue weighted by molar-refractivity contribution is -0.873. The number of ketones is 1. The number of carbonyl (C=O) groups excluding carboxylic acids is 4. The molecule has 1 aromatic heterocycles. The van der Waals surface area contributed by atoms with Crippen molar-refractivity contribution in [2.24, 2.45) is 5.73 Å². The summed E-state index contributed by atoms with van der Waals surface area (Å²) in [6, 6.07) is 4.45. The summed E-state index contributed by atoms with van der Waals surface area (Å²) in [6.45, 7) is 1.75. The lowest BCUT2D eigenvalue weighted by Crippen LogP contribution is -2.44. The van der Waals surface area contributed by atoms with Crippen LogP contribution in [0.4, 0.5) is 18.9 Å². The molecule has 1 unspecified atom stereocenters. The largest absolute Gasteiger partial charge is 0.462 e. The minimum Gasteiger partial charge on any atom is -0.462 e. The van der Waals surface area contributed by atoms with Crippen molar-refractivity contribution in [2.75, 3.05) is 33.0 Å². The van der Waals surface area contributed by atoms with Gasteiger partial charge in [0, 0.05) is 42.7 Å². The Morgan fingerprint density at radius 2 is 1.80 bits per heavy atom. The number of primary amides is 1. The first-order valence-corrected chi connectivity index (χ1v) is 14.7. The molecule has 240 valence electrons. The van der Waals surface area contributed by atoms with Gasteiger partial charge in [-0.15, -0.1) is 0 Å². The number of rotatable bonds is 10. The van der Waals surface area contributed by atoms with Gasteiger partial charge >= 0.3 is 18.1 Å². The second-order valence-corrected chi connectivity index (χ2v) is 12.6. The minimum absolute atomic E-state index is 0.0488. The highest BCUT2D eigenvalue weighted by Gasteiger charge is 2.40. The summed E-state index contributed by atoms with van der Waals surface area (Å²) in [4.78, 5) is 48.9. The number of nitrogens with zero attached hydrogens (tertiary/aromatic N) is 2. The van der Waals surface area contributed by atoms with E-state index in [0.717, 1.165) is 6.20 Å². The molecular formula is C31H40F3N4O6+. The van der Waals surface area contributed by atoms with Crippen LogP contribution in [0.3, 0.4) is 0 Å². The van der Waals surface area contributed by atoms with Gasteiger partial charge in [-0.1, -0.05) is 0 Å². The molecule has 1 heterocycles. The third-order valence-electron chi connectivity index (χ3n) is 7.87. The fraction of sp³-hybridized carbons (Fsp3) is 0.548. The predicted octanol–water partition coefficient (Wildman–Crippen LogP) is 4.41. The number of quaternary nitrogens is 1. The number of ether oxygens (including phenoxy) is 2. The van der Waals surface area contributed by atoms with Gasteiger partial charge in [0.1, 0.15) is 12.6 Å². The Kier molecular flexibility index (Phi) is 9.77. The number of Topliss-reactive ketones (excluding diaryl/α,β-unsaturated/α-hetero) is 1. The smallest absolute Gasteiger partial charge is 0.418 e. The first-order chi connectivity index (χ1) is 20.5. The zero-order chi connectivity index (χ0) is 32.4. The van der Waals surface area contributed by atoms with Crippen molar-refractivity contribution in [2.45, 2.75) is 82.7 Å². The number of hydrogen-bond acceptors (Lipinski definition) is 7. The molecule has 0 spiro atoms. The first-order valence-electron chi connectivity index (χ1n) is 14.7. The van der Waals surface area contributed by atoms with Gasteiger partial charge in [-0.3, -0.25) is 19.2 Å². The van der Waals surface area contributed by atoms with Crippen LogP contribution >= 0.6 is 0 Å². The quantitative estimate of drug-likeness (QED) is 0.297. The molecule has 2 aliphatic rings. The normalized spacial score (nSPS) is 19.6. The zero-order valence-corrected chi connectivity index (χ0v) is 25.5. The van der Waals surface area contributed by atoms with Gasteiger partial charge in [-0.05, 0) is 56.7 Å². The van der Waals surface area contributed by atoms with Crippen molar-refractivity contribution in [1.29, 1.82) is 0 Å². The summed E-state index contributed by atoms with van der Waals surface area (Å²) < 4.78 is 54.4. The molecule has 1 aromatic carbocycles. The molecule has 1 atom stereocenters. The highest BCUT2D eigenvalue weighted by Crippen LogP contribution is 2.39. The second-order valence-electron chi connectivity index (χ2n) is 12.6. The summed E-state index contributed by atoms with van der Waals surface area (Å²) in [5.41, 5.74) is 5.59. The summed E-state index contributed by atoms with van der Waals surface area (Å²) in [7, 11) is 5.80. The molecule has 1 saturated carbocycles. The van der Waals surface area contributed by atoms with E-state index in [1.165, 1.54) is 23.6 Å².